The van der Waals surface area contributed by atoms with Crippen LogP contribution in [0.15, 0.2) is 18.2 Å². The van der Waals surface area contributed by atoms with Crippen LogP contribution in [0.25, 0.3) is 0 Å². The van der Waals surface area contributed by atoms with Crippen LogP contribution in [0.1, 0.15) is 50.0 Å². The van der Waals surface area contributed by atoms with Gasteiger partial charge >= 0.3 is 0 Å². The minimum Gasteiger partial charge on any atom is -0.495 e. The predicted octanol–water partition coefficient (Wildman–Crippen LogP) is 4.79. The molecule has 0 aromatic heterocycles. The second kappa shape index (κ2) is 5.58. The molecule has 88 valence electrons. The van der Waals surface area contributed by atoms with Gasteiger partial charge in [-0.2, -0.15) is 0 Å². The lowest BCUT2D eigenvalue weighted by Crippen LogP contribution is -1.97. The number of ether oxygens (including phenoxy) is 1. The van der Waals surface area contributed by atoms with Crippen molar-refractivity contribution < 1.29 is 4.74 Å². The van der Waals surface area contributed by atoms with Crippen LogP contribution in [0.4, 0.5) is 0 Å². The Hall–Kier alpha value is -0.690. The van der Waals surface area contributed by atoms with Crippen molar-refractivity contribution in [2.24, 2.45) is 0 Å². The zero-order valence-electron chi connectivity index (χ0n) is 9.84. The molecule has 0 spiro atoms. The fraction of sp³-hybridized carbons (Fsp3) is 0.571. The molecule has 0 unspecified atom stereocenters. The van der Waals surface area contributed by atoms with Crippen LogP contribution in [0.2, 0.25) is 5.02 Å². The first-order valence-electron chi connectivity index (χ1n) is 6.14. The first-order valence-corrected chi connectivity index (χ1v) is 6.52. The third kappa shape index (κ3) is 2.70. The first-order chi connectivity index (χ1) is 7.81. The van der Waals surface area contributed by atoms with Gasteiger partial charge in [0.15, 0.2) is 0 Å². The molecule has 0 N–H and O–H groups in total. The third-order valence-corrected chi connectivity index (χ3v) is 3.80. The number of rotatable bonds is 2. The minimum absolute atomic E-state index is 0.700. The fourth-order valence-corrected chi connectivity index (χ4v) is 2.82. The molecule has 1 fully saturated rings. The van der Waals surface area contributed by atoms with Crippen molar-refractivity contribution >= 4 is 11.6 Å². The molecule has 0 aliphatic heterocycles. The van der Waals surface area contributed by atoms with E-state index in [1.165, 1.54) is 44.1 Å². The molecule has 1 nitrogen and oxygen atoms in total. The highest BCUT2D eigenvalue weighted by Gasteiger charge is 2.15. The number of methoxy groups -OCH3 is 1. The summed E-state index contributed by atoms with van der Waals surface area (Å²) >= 11 is 6.16. The monoisotopic (exact) mass is 238 g/mol. The Bertz CT molecular complexity index is 341. The lowest BCUT2D eigenvalue weighted by Gasteiger charge is -2.15. The normalized spacial score (nSPS) is 18.1. The molecule has 0 saturated heterocycles. The van der Waals surface area contributed by atoms with E-state index in [0.29, 0.717) is 5.92 Å². The SMILES string of the molecule is COc1ccc(C2CCCCCC2)cc1Cl. The van der Waals surface area contributed by atoms with Gasteiger partial charge in [0.1, 0.15) is 5.75 Å². The van der Waals surface area contributed by atoms with E-state index in [1.54, 1.807) is 7.11 Å². The highest BCUT2D eigenvalue weighted by Crippen LogP contribution is 2.35. The van der Waals surface area contributed by atoms with Crippen molar-refractivity contribution in [3.8, 4) is 5.75 Å². The van der Waals surface area contributed by atoms with Crippen LogP contribution in [0.5, 0.6) is 5.75 Å². The lowest BCUT2D eigenvalue weighted by molar-refractivity contribution is 0.414. The molecule has 1 aliphatic carbocycles. The second-order valence-electron chi connectivity index (χ2n) is 4.58. The van der Waals surface area contributed by atoms with Crippen LogP contribution in [0.3, 0.4) is 0 Å². The van der Waals surface area contributed by atoms with E-state index in [2.05, 4.69) is 12.1 Å². The van der Waals surface area contributed by atoms with Crippen molar-refractivity contribution in [1.82, 2.24) is 0 Å². The highest BCUT2D eigenvalue weighted by molar-refractivity contribution is 6.32. The van der Waals surface area contributed by atoms with Gasteiger partial charge in [0, 0.05) is 0 Å². The molecule has 0 heterocycles. The fourth-order valence-electron chi connectivity index (χ4n) is 2.55. The Labute approximate surface area is 103 Å². The van der Waals surface area contributed by atoms with Crippen molar-refractivity contribution in [1.29, 1.82) is 0 Å². The summed E-state index contributed by atoms with van der Waals surface area (Å²) in [6.07, 6.45) is 8.11. The van der Waals surface area contributed by atoms with Crippen LogP contribution in [-0.4, -0.2) is 7.11 Å². The molecule has 0 radical (unpaired) electrons. The maximum Gasteiger partial charge on any atom is 0.137 e. The summed E-state index contributed by atoms with van der Waals surface area (Å²) in [5.74, 6) is 1.48. The summed E-state index contributed by atoms with van der Waals surface area (Å²) in [5.41, 5.74) is 1.38. The standard InChI is InChI=1S/C14H19ClO/c1-16-14-9-8-12(10-13(14)15)11-6-4-2-3-5-7-11/h8-11H,2-7H2,1H3. The molecule has 1 aromatic carbocycles. The largest absolute Gasteiger partial charge is 0.495 e. The highest BCUT2D eigenvalue weighted by atomic mass is 35.5. The van der Waals surface area contributed by atoms with E-state index >= 15 is 0 Å². The average Bonchev–Trinajstić information content (AvgIpc) is 2.57. The molecule has 2 heteroatoms. The summed E-state index contributed by atoms with van der Waals surface area (Å²) in [5, 5.41) is 0.740. The number of hydrogen-bond acceptors (Lipinski definition) is 1. The van der Waals surface area contributed by atoms with Gasteiger partial charge in [-0.25, -0.2) is 0 Å². The van der Waals surface area contributed by atoms with E-state index in [9.17, 15) is 0 Å². The van der Waals surface area contributed by atoms with Gasteiger partial charge in [0.05, 0.1) is 12.1 Å². The van der Waals surface area contributed by atoms with Crippen molar-refractivity contribution in [2.45, 2.75) is 44.4 Å². The number of halogens is 1. The van der Waals surface area contributed by atoms with Crippen LogP contribution < -0.4 is 4.74 Å². The van der Waals surface area contributed by atoms with Gasteiger partial charge in [-0.05, 0) is 36.5 Å². The molecule has 1 saturated carbocycles. The van der Waals surface area contributed by atoms with Gasteiger partial charge in [-0.3, -0.25) is 0 Å². The Morgan fingerprint density at radius 2 is 1.81 bits per heavy atom. The molecule has 1 aliphatic rings. The van der Waals surface area contributed by atoms with Gasteiger partial charge < -0.3 is 4.74 Å². The molecule has 0 bridgehead atoms. The van der Waals surface area contributed by atoms with E-state index in [1.807, 2.05) is 6.07 Å². The van der Waals surface area contributed by atoms with Crippen LogP contribution in [0, 0.1) is 0 Å². The van der Waals surface area contributed by atoms with Crippen LogP contribution in [-0.2, 0) is 0 Å². The molecular formula is C14H19ClO. The molecule has 0 atom stereocenters. The predicted molar refractivity (Wildman–Crippen MR) is 68.4 cm³/mol. The Morgan fingerprint density at radius 1 is 1.12 bits per heavy atom. The van der Waals surface area contributed by atoms with E-state index in [-0.39, 0.29) is 0 Å². The van der Waals surface area contributed by atoms with Gasteiger partial charge in [-0.15, -0.1) is 0 Å². The topological polar surface area (TPSA) is 9.23 Å². The molecule has 16 heavy (non-hydrogen) atoms. The number of hydrogen-bond donors (Lipinski definition) is 0. The summed E-state index contributed by atoms with van der Waals surface area (Å²) in [4.78, 5) is 0. The second-order valence-corrected chi connectivity index (χ2v) is 4.99. The van der Waals surface area contributed by atoms with Gasteiger partial charge in [0.2, 0.25) is 0 Å². The van der Waals surface area contributed by atoms with Crippen molar-refractivity contribution in [3.05, 3.63) is 28.8 Å². The number of benzene rings is 1. The zero-order chi connectivity index (χ0) is 11.4. The zero-order valence-corrected chi connectivity index (χ0v) is 10.6. The van der Waals surface area contributed by atoms with E-state index in [0.717, 1.165) is 10.8 Å². The van der Waals surface area contributed by atoms with Gasteiger partial charge in [0.25, 0.3) is 0 Å². The summed E-state index contributed by atoms with van der Waals surface area (Å²) < 4.78 is 5.18. The molecular weight excluding hydrogens is 220 g/mol. The third-order valence-electron chi connectivity index (χ3n) is 3.50. The molecule has 2 rings (SSSR count). The van der Waals surface area contributed by atoms with Crippen molar-refractivity contribution in [2.75, 3.05) is 7.11 Å². The van der Waals surface area contributed by atoms with E-state index < -0.39 is 0 Å². The maximum atomic E-state index is 6.16. The Balaban J connectivity index is 2.16. The molecule has 1 aromatic rings. The van der Waals surface area contributed by atoms with Crippen molar-refractivity contribution in [3.63, 3.8) is 0 Å². The Kier molecular flexibility index (Phi) is 4.11. The smallest absolute Gasteiger partial charge is 0.137 e. The minimum atomic E-state index is 0.700. The summed E-state index contributed by atoms with van der Waals surface area (Å²) in [6.45, 7) is 0. The van der Waals surface area contributed by atoms with Gasteiger partial charge in [-0.1, -0.05) is 43.4 Å². The van der Waals surface area contributed by atoms with Crippen LogP contribution >= 0.6 is 11.6 Å². The average molecular weight is 239 g/mol. The maximum absolute atomic E-state index is 6.16. The summed E-state index contributed by atoms with van der Waals surface area (Å²) in [7, 11) is 1.66. The summed E-state index contributed by atoms with van der Waals surface area (Å²) in [6, 6.07) is 6.24. The Morgan fingerprint density at radius 3 is 2.38 bits per heavy atom. The van der Waals surface area contributed by atoms with E-state index in [4.69, 9.17) is 16.3 Å². The molecule has 0 amide bonds. The lowest BCUT2D eigenvalue weighted by atomic mass is 9.92. The quantitative estimate of drug-likeness (QED) is 0.674. The first kappa shape index (κ1) is 11.8.